The van der Waals surface area contributed by atoms with Crippen molar-refractivity contribution in [2.24, 2.45) is 5.84 Å². The first-order chi connectivity index (χ1) is 3.18. The van der Waals surface area contributed by atoms with Crippen molar-refractivity contribution in [3.8, 4) is 0 Å². The maximum atomic E-state index is 5.38. The van der Waals surface area contributed by atoms with Crippen molar-refractivity contribution in [2.75, 3.05) is 7.05 Å². The fraction of sp³-hybridized carbons (Fsp3) is 1.00. The average Bonchev–Trinajstić information content (AvgIpc) is 1.65. The van der Waals surface area contributed by atoms with E-state index in [4.69, 9.17) is 5.84 Å². The van der Waals surface area contributed by atoms with Gasteiger partial charge in [-0.25, -0.2) is 5.01 Å². The summed E-state index contributed by atoms with van der Waals surface area (Å²) in [5.74, 6) is 5.38. The Morgan fingerprint density at radius 3 is 2.14 bits per heavy atom. The number of nitrogens with two attached hydrogens (primary N) is 1. The van der Waals surface area contributed by atoms with Crippen LogP contribution in [0, 0.1) is 0 Å². The van der Waals surface area contributed by atoms with Crippen LogP contribution >= 0.6 is 0 Å². The van der Waals surface area contributed by atoms with Crippen LogP contribution in [0.4, 0.5) is 0 Å². The number of rotatable bonds is 2. The molecular weight excluding hydrogens is 88.1 g/mol. The van der Waals surface area contributed by atoms with E-state index in [0.717, 1.165) is 6.42 Å². The van der Waals surface area contributed by atoms with Crippen molar-refractivity contribution in [3.63, 3.8) is 0 Å². The molecule has 7 heavy (non-hydrogen) atoms. The second-order valence-corrected chi connectivity index (χ2v) is 1.92. The van der Waals surface area contributed by atoms with E-state index in [1.807, 2.05) is 7.05 Å². The van der Waals surface area contributed by atoms with Gasteiger partial charge in [0.2, 0.25) is 0 Å². The van der Waals surface area contributed by atoms with Crippen LogP contribution in [0.3, 0.4) is 0 Å². The summed E-state index contributed by atoms with van der Waals surface area (Å²) in [7, 11) is 1.88. The molecule has 0 saturated carbocycles. The lowest BCUT2D eigenvalue weighted by molar-refractivity contribution is 0.260. The van der Waals surface area contributed by atoms with Crippen molar-refractivity contribution in [1.29, 1.82) is 0 Å². The Morgan fingerprint density at radius 2 is 2.14 bits per heavy atom. The molecule has 1 atom stereocenters. The third kappa shape index (κ3) is 2.60. The van der Waals surface area contributed by atoms with Crippen LogP contribution < -0.4 is 5.84 Å². The number of nitrogens with zero attached hydrogens (tertiary/aromatic N) is 1. The highest BCUT2D eigenvalue weighted by atomic mass is 15.4. The molecule has 0 aliphatic heterocycles. The van der Waals surface area contributed by atoms with Crippen molar-refractivity contribution in [2.45, 2.75) is 26.3 Å². The largest absolute Gasteiger partial charge is 0.269 e. The van der Waals surface area contributed by atoms with Gasteiger partial charge < -0.3 is 0 Å². The second kappa shape index (κ2) is 2.99. The molecule has 1 unspecified atom stereocenters. The molecule has 0 aromatic carbocycles. The van der Waals surface area contributed by atoms with E-state index >= 15 is 0 Å². The molecule has 2 nitrogen and oxygen atoms in total. The molecule has 0 aromatic heterocycles. The van der Waals surface area contributed by atoms with Gasteiger partial charge in [0.25, 0.3) is 0 Å². The predicted molar refractivity (Wildman–Crippen MR) is 31.7 cm³/mol. The molecule has 0 amide bonds. The van der Waals surface area contributed by atoms with E-state index < -0.39 is 0 Å². The second-order valence-electron chi connectivity index (χ2n) is 1.92. The van der Waals surface area contributed by atoms with Gasteiger partial charge in [-0.3, -0.25) is 5.84 Å². The lowest BCUT2D eigenvalue weighted by atomic mass is 10.3. The molecule has 0 spiro atoms. The normalized spacial score (nSPS) is 15.0. The zero-order valence-corrected chi connectivity index (χ0v) is 5.31. The van der Waals surface area contributed by atoms with Crippen LogP contribution in [0.25, 0.3) is 0 Å². The van der Waals surface area contributed by atoms with E-state index in [-0.39, 0.29) is 0 Å². The summed E-state index contributed by atoms with van der Waals surface area (Å²) >= 11 is 0. The third-order valence-corrected chi connectivity index (χ3v) is 1.29. The quantitative estimate of drug-likeness (QED) is 0.408. The van der Waals surface area contributed by atoms with E-state index in [2.05, 4.69) is 13.8 Å². The van der Waals surface area contributed by atoms with Crippen molar-refractivity contribution in [1.82, 2.24) is 5.01 Å². The minimum absolute atomic E-state index is 0.514. The van der Waals surface area contributed by atoms with Crippen LogP contribution in [0.15, 0.2) is 0 Å². The zero-order valence-electron chi connectivity index (χ0n) is 5.31. The molecule has 0 bridgehead atoms. The van der Waals surface area contributed by atoms with Gasteiger partial charge in [0.05, 0.1) is 0 Å². The molecule has 0 aromatic rings. The fourth-order valence-corrected chi connectivity index (χ4v) is 0.288. The lowest BCUT2D eigenvalue weighted by Gasteiger charge is -2.16. The SMILES string of the molecule is CCC(C)N(C)N. The molecule has 0 radical (unpaired) electrons. The van der Waals surface area contributed by atoms with Crippen molar-refractivity contribution in [3.05, 3.63) is 0 Å². The van der Waals surface area contributed by atoms with E-state index in [1.54, 1.807) is 5.01 Å². The highest BCUT2D eigenvalue weighted by Gasteiger charge is 1.97. The van der Waals surface area contributed by atoms with Crippen LogP contribution in [0.1, 0.15) is 20.3 Å². The van der Waals surface area contributed by atoms with Crippen LogP contribution in [0.5, 0.6) is 0 Å². The molecule has 0 aliphatic carbocycles. The van der Waals surface area contributed by atoms with Crippen LogP contribution in [-0.4, -0.2) is 18.1 Å². The fourth-order valence-electron chi connectivity index (χ4n) is 0.288. The van der Waals surface area contributed by atoms with Crippen molar-refractivity contribution < 1.29 is 0 Å². The Balaban J connectivity index is 3.14. The van der Waals surface area contributed by atoms with Gasteiger partial charge in [-0.1, -0.05) is 6.92 Å². The lowest BCUT2D eigenvalue weighted by Crippen LogP contribution is -2.34. The summed E-state index contributed by atoms with van der Waals surface area (Å²) in [6, 6.07) is 0.514. The standard InChI is InChI=1S/C5H14N2/c1-4-5(2)7(3)6/h5H,4,6H2,1-3H3. The third-order valence-electron chi connectivity index (χ3n) is 1.29. The Bertz CT molecular complexity index is 43.3. The number of hydrazine groups is 1. The summed E-state index contributed by atoms with van der Waals surface area (Å²) in [5, 5.41) is 1.72. The molecule has 44 valence electrons. The molecule has 0 fully saturated rings. The first-order valence-electron chi connectivity index (χ1n) is 2.66. The minimum atomic E-state index is 0.514. The summed E-state index contributed by atoms with van der Waals surface area (Å²) in [6.45, 7) is 4.22. The van der Waals surface area contributed by atoms with Crippen molar-refractivity contribution >= 4 is 0 Å². The zero-order chi connectivity index (χ0) is 5.86. The van der Waals surface area contributed by atoms with E-state index in [9.17, 15) is 0 Å². The summed E-state index contributed by atoms with van der Waals surface area (Å²) in [4.78, 5) is 0. The highest BCUT2D eigenvalue weighted by Crippen LogP contribution is 1.91. The maximum absolute atomic E-state index is 5.38. The average molecular weight is 102 g/mol. The smallest absolute Gasteiger partial charge is 0.0207 e. The van der Waals surface area contributed by atoms with Gasteiger partial charge in [0.15, 0.2) is 0 Å². The first kappa shape index (κ1) is 6.92. The number of hydrogen-bond acceptors (Lipinski definition) is 2. The van der Waals surface area contributed by atoms with E-state index in [1.165, 1.54) is 0 Å². The summed E-state index contributed by atoms with van der Waals surface area (Å²) in [5.41, 5.74) is 0. The number of hydrogen-bond donors (Lipinski definition) is 1. The Morgan fingerprint density at radius 1 is 1.71 bits per heavy atom. The van der Waals surface area contributed by atoms with Crippen LogP contribution in [-0.2, 0) is 0 Å². The highest BCUT2D eigenvalue weighted by molar-refractivity contribution is 4.51. The monoisotopic (exact) mass is 102 g/mol. The Labute approximate surface area is 45.3 Å². The molecule has 0 rings (SSSR count). The first-order valence-corrected chi connectivity index (χ1v) is 2.66. The Kier molecular flexibility index (Phi) is 2.96. The predicted octanol–water partition coefficient (Wildman–Crippen LogP) is 0.590. The van der Waals surface area contributed by atoms with Gasteiger partial charge in [-0.05, 0) is 13.3 Å². The van der Waals surface area contributed by atoms with Gasteiger partial charge in [-0.2, -0.15) is 0 Å². The molecule has 2 N–H and O–H groups in total. The van der Waals surface area contributed by atoms with E-state index in [0.29, 0.717) is 6.04 Å². The topological polar surface area (TPSA) is 29.3 Å². The summed E-state index contributed by atoms with van der Waals surface area (Å²) < 4.78 is 0. The maximum Gasteiger partial charge on any atom is 0.0207 e. The molecular formula is C5H14N2. The minimum Gasteiger partial charge on any atom is -0.269 e. The van der Waals surface area contributed by atoms with Gasteiger partial charge >= 0.3 is 0 Å². The molecule has 0 aliphatic rings. The van der Waals surface area contributed by atoms with Gasteiger partial charge in [-0.15, -0.1) is 0 Å². The molecule has 2 heteroatoms. The summed E-state index contributed by atoms with van der Waals surface area (Å²) in [6.07, 6.45) is 1.12. The molecule has 0 saturated heterocycles. The van der Waals surface area contributed by atoms with Gasteiger partial charge in [0, 0.05) is 13.1 Å². The van der Waals surface area contributed by atoms with Gasteiger partial charge in [0.1, 0.15) is 0 Å². The Hall–Kier alpha value is -0.0800. The van der Waals surface area contributed by atoms with Crippen LogP contribution in [0.2, 0.25) is 0 Å². The molecule has 0 heterocycles.